The van der Waals surface area contributed by atoms with Crippen molar-refractivity contribution in [2.75, 3.05) is 5.75 Å². The molecule has 70 valence electrons. The zero-order chi connectivity index (χ0) is 9.52. The second-order valence-corrected chi connectivity index (χ2v) is 3.44. The molecule has 0 aromatic carbocycles. The number of aliphatic carboxylic acids is 1. The first-order valence-corrected chi connectivity index (χ1v) is 4.89. The highest BCUT2D eigenvalue weighted by Gasteiger charge is 1.98. The van der Waals surface area contributed by atoms with Crippen molar-refractivity contribution in [3.05, 3.63) is 18.5 Å². The lowest BCUT2D eigenvalue weighted by atomic mass is 10.3. The van der Waals surface area contributed by atoms with Crippen molar-refractivity contribution >= 4 is 17.7 Å². The number of carboxylic acids is 1. The highest BCUT2D eigenvalue weighted by atomic mass is 32.2. The summed E-state index contributed by atoms with van der Waals surface area (Å²) in [6.45, 7) is 0. The smallest absolute Gasteiger partial charge is 0.303 e. The van der Waals surface area contributed by atoms with Gasteiger partial charge in [0, 0.05) is 24.6 Å². The number of hydrogen-bond acceptors (Lipinski definition) is 4. The van der Waals surface area contributed by atoms with Crippen LogP contribution in [-0.4, -0.2) is 26.8 Å². The average Bonchev–Trinajstić information content (AvgIpc) is 2.14. The molecule has 0 bridgehead atoms. The van der Waals surface area contributed by atoms with Crippen molar-refractivity contribution in [1.29, 1.82) is 0 Å². The molecule has 0 atom stereocenters. The molecule has 0 aliphatic heterocycles. The topological polar surface area (TPSA) is 63.1 Å². The molecule has 0 aliphatic carbocycles. The van der Waals surface area contributed by atoms with Crippen LogP contribution >= 0.6 is 11.8 Å². The molecule has 4 nitrogen and oxygen atoms in total. The third-order valence-corrected chi connectivity index (χ3v) is 2.27. The predicted octanol–water partition coefficient (Wildman–Crippen LogP) is 1.43. The third kappa shape index (κ3) is 4.47. The monoisotopic (exact) mass is 198 g/mol. The number of carbonyl (C=O) groups is 1. The van der Waals surface area contributed by atoms with Gasteiger partial charge in [-0.3, -0.25) is 4.79 Å². The van der Waals surface area contributed by atoms with E-state index in [1.165, 1.54) is 11.8 Å². The van der Waals surface area contributed by atoms with Gasteiger partial charge in [0.05, 0.1) is 0 Å². The number of thioether (sulfide) groups is 1. The second kappa shape index (κ2) is 5.53. The molecule has 0 spiro atoms. The fraction of sp³-hybridized carbons (Fsp3) is 0.375. The zero-order valence-electron chi connectivity index (χ0n) is 7.01. The fourth-order valence-electron chi connectivity index (χ4n) is 0.747. The lowest BCUT2D eigenvalue weighted by molar-refractivity contribution is -0.137. The Morgan fingerprint density at radius 1 is 1.46 bits per heavy atom. The Bertz CT molecular complexity index is 266. The Morgan fingerprint density at radius 3 is 2.77 bits per heavy atom. The number of nitrogens with zero attached hydrogens (tertiary/aromatic N) is 2. The fourth-order valence-corrected chi connectivity index (χ4v) is 1.49. The van der Waals surface area contributed by atoms with E-state index in [-0.39, 0.29) is 6.42 Å². The van der Waals surface area contributed by atoms with Gasteiger partial charge in [-0.05, 0) is 12.5 Å². The second-order valence-electron chi connectivity index (χ2n) is 2.38. The lowest BCUT2D eigenvalue weighted by Crippen LogP contribution is -1.95. The number of aromatic nitrogens is 2. The van der Waals surface area contributed by atoms with Crippen LogP contribution in [-0.2, 0) is 4.79 Å². The van der Waals surface area contributed by atoms with Crippen LogP contribution in [0, 0.1) is 0 Å². The molecule has 1 rings (SSSR count). The van der Waals surface area contributed by atoms with Gasteiger partial charge in [-0.1, -0.05) is 11.8 Å². The van der Waals surface area contributed by atoms with Gasteiger partial charge in [0.1, 0.15) is 0 Å². The van der Waals surface area contributed by atoms with E-state index in [9.17, 15) is 4.79 Å². The minimum Gasteiger partial charge on any atom is -0.481 e. The molecule has 13 heavy (non-hydrogen) atoms. The van der Waals surface area contributed by atoms with Crippen LogP contribution in [0.1, 0.15) is 12.8 Å². The molecule has 0 fully saturated rings. The van der Waals surface area contributed by atoms with Crippen molar-refractivity contribution in [3.63, 3.8) is 0 Å². The Kier molecular flexibility index (Phi) is 4.25. The standard InChI is InChI=1S/C8H10N2O2S/c11-7(12)3-1-6-13-8-9-4-2-5-10-8/h2,4-5H,1,3,6H2,(H,11,12). The third-order valence-electron chi connectivity index (χ3n) is 1.31. The lowest BCUT2D eigenvalue weighted by Gasteiger charge is -1.96. The van der Waals surface area contributed by atoms with E-state index < -0.39 is 5.97 Å². The molecular weight excluding hydrogens is 188 g/mol. The number of hydrogen-bond donors (Lipinski definition) is 1. The van der Waals surface area contributed by atoms with E-state index in [0.717, 1.165) is 5.75 Å². The first-order valence-electron chi connectivity index (χ1n) is 3.90. The Balaban J connectivity index is 2.17. The van der Waals surface area contributed by atoms with Gasteiger partial charge < -0.3 is 5.11 Å². The van der Waals surface area contributed by atoms with Crippen molar-refractivity contribution in [3.8, 4) is 0 Å². The quantitative estimate of drug-likeness (QED) is 0.440. The average molecular weight is 198 g/mol. The summed E-state index contributed by atoms with van der Waals surface area (Å²) in [6.07, 6.45) is 4.21. The molecule has 0 amide bonds. The van der Waals surface area contributed by atoms with E-state index in [4.69, 9.17) is 5.11 Å². The van der Waals surface area contributed by atoms with Gasteiger partial charge in [-0.15, -0.1) is 0 Å². The molecule has 0 saturated carbocycles. The van der Waals surface area contributed by atoms with Crippen LogP contribution in [0.2, 0.25) is 0 Å². The Hall–Kier alpha value is -1.10. The minimum absolute atomic E-state index is 0.208. The number of rotatable bonds is 5. The van der Waals surface area contributed by atoms with E-state index in [2.05, 4.69) is 9.97 Å². The molecule has 0 aliphatic rings. The van der Waals surface area contributed by atoms with E-state index in [1.807, 2.05) is 0 Å². The van der Waals surface area contributed by atoms with Crippen LogP contribution in [0.15, 0.2) is 23.6 Å². The predicted molar refractivity (Wildman–Crippen MR) is 49.6 cm³/mol. The highest BCUT2D eigenvalue weighted by molar-refractivity contribution is 7.99. The van der Waals surface area contributed by atoms with Crippen molar-refractivity contribution in [2.24, 2.45) is 0 Å². The van der Waals surface area contributed by atoms with Crippen LogP contribution in [0.3, 0.4) is 0 Å². The Labute approximate surface area is 80.4 Å². The summed E-state index contributed by atoms with van der Waals surface area (Å²) in [5, 5.41) is 9.07. The van der Waals surface area contributed by atoms with Gasteiger partial charge in [0.2, 0.25) is 0 Å². The van der Waals surface area contributed by atoms with Gasteiger partial charge in [0.15, 0.2) is 5.16 Å². The first kappa shape index (κ1) is 9.98. The highest BCUT2D eigenvalue weighted by Crippen LogP contribution is 2.12. The molecule has 1 aromatic rings. The molecule has 1 N–H and O–H groups in total. The summed E-state index contributed by atoms with van der Waals surface area (Å²) in [6, 6.07) is 1.75. The SMILES string of the molecule is O=C(O)CCCSc1ncccn1. The summed E-state index contributed by atoms with van der Waals surface area (Å²) >= 11 is 1.48. The summed E-state index contributed by atoms with van der Waals surface area (Å²) in [7, 11) is 0. The first-order chi connectivity index (χ1) is 6.29. The maximum atomic E-state index is 10.2. The molecule has 0 radical (unpaired) electrons. The molecule has 5 heteroatoms. The number of carboxylic acid groups (broad SMARTS) is 1. The summed E-state index contributed by atoms with van der Waals surface area (Å²) in [4.78, 5) is 18.2. The van der Waals surface area contributed by atoms with Crippen molar-refractivity contribution in [1.82, 2.24) is 9.97 Å². The van der Waals surface area contributed by atoms with Crippen LogP contribution in [0.4, 0.5) is 0 Å². The van der Waals surface area contributed by atoms with Gasteiger partial charge in [0.25, 0.3) is 0 Å². The molecule has 0 unspecified atom stereocenters. The van der Waals surface area contributed by atoms with Crippen LogP contribution in [0.25, 0.3) is 0 Å². The van der Waals surface area contributed by atoms with Gasteiger partial charge in [-0.2, -0.15) is 0 Å². The molecule has 0 saturated heterocycles. The van der Waals surface area contributed by atoms with Crippen molar-refractivity contribution in [2.45, 2.75) is 18.0 Å². The van der Waals surface area contributed by atoms with E-state index in [1.54, 1.807) is 18.5 Å². The maximum Gasteiger partial charge on any atom is 0.303 e. The summed E-state index contributed by atoms with van der Waals surface area (Å²) < 4.78 is 0. The molecular formula is C8H10N2O2S. The van der Waals surface area contributed by atoms with Gasteiger partial charge >= 0.3 is 5.97 Å². The van der Waals surface area contributed by atoms with Crippen LogP contribution in [0.5, 0.6) is 0 Å². The van der Waals surface area contributed by atoms with E-state index >= 15 is 0 Å². The van der Waals surface area contributed by atoms with Gasteiger partial charge in [-0.25, -0.2) is 9.97 Å². The largest absolute Gasteiger partial charge is 0.481 e. The maximum absolute atomic E-state index is 10.2. The Morgan fingerprint density at radius 2 is 2.15 bits per heavy atom. The van der Waals surface area contributed by atoms with Crippen LogP contribution < -0.4 is 0 Å². The minimum atomic E-state index is -0.755. The summed E-state index contributed by atoms with van der Waals surface area (Å²) in [5.41, 5.74) is 0. The normalized spacial score (nSPS) is 9.85. The molecule has 1 heterocycles. The van der Waals surface area contributed by atoms with E-state index in [0.29, 0.717) is 11.6 Å². The summed E-state index contributed by atoms with van der Waals surface area (Å²) in [5.74, 6) is -0.00868. The van der Waals surface area contributed by atoms with Crippen molar-refractivity contribution < 1.29 is 9.90 Å². The zero-order valence-corrected chi connectivity index (χ0v) is 7.83. The molecule has 1 aromatic heterocycles.